The second-order valence-corrected chi connectivity index (χ2v) is 6.99. The molecule has 0 spiro atoms. The third-order valence-electron chi connectivity index (χ3n) is 3.59. The molecule has 0 aromatic rings. The fourth-order valence-corrected chi connectivity index (χ4v) is 3.98. The number of nitrogens with two attached hydrogens (primary N) is 1. The summed E-state index contributed by atoms with van der Waals surface area (Å²) in [6, 6.07) is 0. The third-order valence-corrected chi connectivity index (χ3v) is 3.59. The summed E-state index contributed by atoms with van der Waals surface area (Å²) in [4.78, 5) is 0. The zero-order valence-electron chi connectivity index (χ0n) is 11.3. The third kappa shape index (κ3) is 3.44. The van der Waals surface area contributed by atoms with Crippen LogP contribution in [0.4, 0.5) is 0 Å². The zero-order chi connectivity index (χ0) is 12.4. The number of hydrogen-bond acceptors (Lipinski definition) is 3. The largest absolute Gasteiger partial charge is 0.395 e. The molecular weight excluding hydrogens is 200 g/mol. The maximum atomic E-state index is 8.96. The van der Waals surface area contributed by atoms with Gasteiger partial charge in [0.25, 0.3) is 0 Å². The van der Waals surface area contributed by atoms with E-state index < -0.39 is 0 Å². The standard InChI is InChI=1S/C13H28N2O/c1-11(2)7-12(3,4)9-13(8-11,10-14)15-5-6-16/h15-16H,5-10,14H2,1-4H3. The van der Waals surface area contributed by atoms with E-state index in [0.29, 0.717) is 23.9 Å². The highest BCUT2D eigenvalue weighted by molar-refractivity contribution is 5.03. The van der Waals surface area contributed by atoms with Crippen LogP contribution in [0.1, 0.15) is 47.0 Å². The van der Waals surface area contributed by atoms with Crippen LogP contribution >= 0.6 is 0 Å². The van der Waals surface area contributed by atoms with Crippen molar-refractivity contribution >= 4 is 0 Å². The molecule has 0 aromatic carbocycles. The number of β-amino-alcohol motifs (C(OH)–C–C–N with tert-alkyl or cyclic N) is 1. The van der Waals surface area contributed by atoms with Gasteiger partial charge >= 0.3 is 0 Å². The van der Waals surface area contributed by atoms with Crippen molar-refractivity contribution in [3.63, 3.8) is 0 Å². The molecule has 0 aromatic heterocycles. The molecule has 0 bridgehead atoms. The van der Waals surface area contributed by atoms with Crippen LogP contribution in [-0.2, 0) is 0 Å². The Morgan fingerprint density at radius 1 is 1.06 bits per heavy atom. The molecule has 0 unspecified atom stereocenters. The summed E-state index contributed by atoms with van der Waals surface area (Å²) in [6.45, 7) is 10.8. The second kappa shape index (κ2) is 4.63. The molecule has 1 saturated carbocycles. The first-order chi connectivity index (χ1) is 7.24. The highest BCUT2D eigenvalue weighted by Gasteiger charge is 2.46. The van der Waals surface area contributed by atoms with Gasteiger partial charge in [-0.2, -0.15) is 0 Å². The molecule has 0 radical (unpaired) electrons. The molecule has 4 N–H and O–H groups in total. The Morgan fingerprint density at radius 2 is 1.56 bits per heavy atom. The average Bonchev–Trinajstić information content (AvgIpc) is 2.10. The molecule has 0 heterocycles. The fraction of sp³-hybridized carbons (Fsp3) is 1.00. The van der Waals surface area contributed by atoms with Crippen molar-refractivity contribution in [2.24, 2.45) is 16.6 Å². The molecule has 0 aliphatic heterocycles. The average molecular weight is 228 g/mol. The van der Waals surface area contributed by atoms with Crippen LogP contribution in [0.3, 0.4) is 0 Å². The number of rotatable bonds is 4. The minimum Gasteiger partial charge on any atom is -0.395 e. The molecule has 96 valence electrons. The molecule has 3 heteroatoms. The summed E-state index contributed by atoms with van der Waals surface area (Å²) in [7, 11) is 0. The van der Waals surface area contributed by atoms with Gasteiger partial charge in [-0.25, -0.2) is 0 Å². The highest BCUT2D eigenvalue weighted by Crippen LogP contribution is 2.49. The molecule has 1 aliphatic rings. The predicted octanol–water partition coefficient (Wildman–Crippen LogP) is 1.50. The molecule has 1 fully saturated rings. The molecule has 3 nitrogen and oxygen atoms in total. The molecule has 1 aliphatic carbocycles. The van der Waals surface area contributed by atoms with Gasteiger partial charge < -0.3 is 16.2 Å². The second-order valence-electron chi connectivity index (χ2n) is 6.99. The monoisotopic (exact) mass is 228 g/mol. The lowest BCUT2D eigenvalue weighted by Crippen LogP contribution is -2.59. The minimum atomic E-state index is 0.00792. The molecule has 0 atom stereocenters. The Kier molecular flexibility index (Phi) is 4.04. The van der Waals surface area contributed by atoms with Crippen molar-refractivity contribution in [1.82, 2.24) is 5.32 Å². The summed E-state index contributed by atoms with van der Waals surface area (Å²) in [5.74, 6) is 0. The Hall–Kier alpha value is -0.120. The maximum absolute atomic E-state index is 8.96. The van der Waals surface area contributed by atoms with E-state index in [1.807, 2.05) is 0 Å². The van der Waals surface area contributed by atoms with Crippen molar-refractivity contribution in [3.8, 4) is 0 Å². The smallest absolute Gasteiger partial charge is 0.0556 e. The summed E-state index contributed by atoms with van der Waals surface area (Å²) in [5, 5.41) is 12.4. The first-order valence-electron chi connectivity index (χ1n) is 6.30. The van der Waals surface area contributed by atoms with E-state index in [4.69, 9.17) is 10.8 Å². The molecular formula is C13H28N2O. The summed E-state index contributed by atoms with van der Waals surface area (Å²) < 4.78 is 0. The van der Waals surface area contributed by atoms with Crippen LogP contribution in [0.5, 0.6) is 0 Å². The number of hydrogen-bond donors (Lipinski definition) is 3. The molecule has 0 saturated heterocycles. The van der Waals surface area contributed by atoms with Crippen molar-refractivity contribution in [3.05, 3.63) is 0 Å². The van der Waals surface area contributed by atoms with Gasteiger partial charge in [0, 0.05) is 18.6 Å². The fourth-order valence-electron chi connectivity index (χ4n) is 3.98. The maximum Gasteiger partial charge on any atom is 0.0556 e. The van der Waals surface area contributed by atoms with Gasteiger partial charge in [-0.3, -0.25) is 0 Å². The van der Waals surface area contributed by atoms with Crippen molar-refractivity contribution in [1.29, 1.82) is 0 Å². The van der Waals surface area contributed by atoms with Crippen LogP contribution < -0.4 is 11.1 Å². The van der Waals surface area contributed by atoms with Crippen LogP contribution in [0.2, 0.25) is 0 Å². The van der Waals surface area contributed by atoms with Gasteiger partial charge in [0.05, 0.1) is 6.61 Å². The molecule has 16 heavy (non-hydrogen) atoms. The SMILES string of the molecule is CC1(C)CC(C)(C)CC(CN)(NCCO)C1. The quantitative estimate of drug-likeness (QED) is 0.683. The van der Waals surface area contributed by atoms with E-state index in [0.717, 1.165) is 12.8 Å². The summed E-state index contributed by atoms with van der Waals surface area (Å²) in [6.07, 6.45) is 3.43. The predicted molar refractivity (Wildman–Crippen MR) is 68.3 cm³/mol. The Bertz CT molecular complexity index is 220. The van der Waals surface area contributed by atoms with Gasteiger partial charge in [-0.15, -0.1) is 0 Å². The summed E-state index contributed by atoms with van der Waals surface area (Å²) in [5.41, 5.74) is 6.63. The van der Waals surface area contributed by atoms with E-state index in [1.54, 1.807) is 0 Å². The van der Waals surface area contributed by atoms with E-state index >= 15 is 0 Å². The first kappa shape index (κ1) is 13.9. The van der Waals surface area contributed by atoms with Gasteiger partial charge in [0.2, 0.25) is 0 Å². The Labute approximate surface area is 99.8 Å². The first-order valence-corrected chi connectivity index (χ1v) is 6.30. The highest BCUT2D eigenvalue weighted by atomic mass is 16.3. The van der Waals surface area contributed by atoms with Crippen LogP contribution in [-0.4, -0.2) is 30.3 Å². The minimum absolute atomic E-state index is 0.00792. The van der Waals surface area contributed by atoms with Crippen LogP contribution in [0.25, 0.3) is 0 Å². The van der Waals surface area contributed by atoms with E-state index in [1.165, 1.54) is 6.42 Å². The number of aliphatic hydroxyl groups excluding tert-OH is 1. The van der Waals surface area contributed by atoms with Crippen molar-refractivity contribution < 1.29 is 5.11 Å². The lowest BCUT2D eigenvalue weighted by atomic mass is 9.58. The van der Waals surface area contributed by atoms with Crippen molar-refractivity contribution in [2.75, 3.05) is 19.7 Å². The zero-order valence-corrected chi connectivity index (χ0v) is 11.3. The van der Waals surface area contributed by atoms with Gasteiger partial charge in [-0.1, -0.05) is 27.7 Å². The lowest BCUT2D eigenvalue weighted by molar-refractivity contribution is 0.0303. The van der Waals surface area contributed by atoms with E-state index in [2.05, 4.69) is 33.0 Å². The topological polar surface area (TPSA) is 58.3 Å². The van der Waals surface area contributed by atoms with Gasteiger partial charge in [-0.05, 0) is 30.1 Å². The number of nitrogens with one attached hydrogen (secondary N) is 1. The van der Waals surface area contributed by atoms with Crippen molar-refractivity contribution in [2.45, 2.75) is 52.5 Å². The molecule has 1 rings (SSSR count). The van der Waals surface area contributed by atoms with E-state index in [-0.39, 0.29) is 12.1 Å². The number of aliphatic hydroxyl groups is 1. The summed E-state index contributed by atoms with van der Waals surface area (Å²) >= 11 is 0. The normalized spacial score (nSPS) is 26.6. The van der Waals surface area contributed by atoms with E-state index in [9.17, 15) is 0 Å². The lowest BCUT2D eigenvalue weighted by Gasteiger charge is -2.52. The van der Waals surface area contributed by atoms with Crippen LogP contribution in [0.15, 0.2) is 0 Å². The van der Waals surface area contributed by atoms with Gasteiger partial charge in [0.1, 0.15) is 0 Å². The Morgan fingerprint density at radius 3 is 1.94 bits per heavy atom. The van der Waals surface area contributed by atoms with Gasteiger partial charge in [0.15, 0.2) is 0 Å². The Balaban J connectivity index is 2.83. The molecule has 0 amide bonds. The van der Waals surface area contributed by atoms with Crippen LogP contribution in [0, 0.1) is 10.8 Å².